The number of nitrogens with one attached hydrogen (secondary N) is 1. The maximum absolute atomic E-state index is 10.9. The van der Waals surface area contributed by atoms with Gasteiger partial charge in [-0.2, -0.15) is 5.26 Å². The zero-order valence-electron chi connectivity index (χ0n) is 9.69. The number of rotatable bonds is 3. The molecule has 94 valence electrons. The van der Waals surface area contributed by atoms with Crippen LogP contribution >= 0.6 is 11.6 Å². The van der Waals surface area contributed by atoms with E-state index in [4.69, 9.17) is 22.0 Å². The van der Waals surface area contributed by atoms with Gasteiger partial charge in [0.2, 0.25) is 0 Å². The molecule has 1 aliphatic rings. The van der Waals surface area contributed by atoms with Gasteiger partial charge in [0.15, 0.2) is 0 Å². The lowest BCUT2D eigenvalue weighted by molar-refractivity contribution is -0.141. The Balaban J connectivity index is 2.01. The largest absolute Gasteiger partial charge is 0.481 e. The monoisotopic (exact) mass is 264 g/mol. The molecule has 2 rings (SSSR count). The molecule has 5 heteroatoms. The van der Waals surface area contributed by atoms with Gasteiger partial charge in [-0.05, 0) is 37.5 Å². The Labute approximate surface area is 110 Å². The summed E-state index contributed by atoms with van der Waals surface area (Å²) in [5.74, 6) is -0.978. The van der Waals surface area contributed by atoms with Gasteiger partial charge in [-0.3, -0.25) is 4.79 Å². The second kappa shape index (κ2) is 5.28. The summed E-state index contributed by atoms with van der Waals surface area (Å²) in [5.41, 5.74) is 1.27. The molecule has 1 aromatic carbocycles. The molecule has 1 aliphatic carbocycles. The van der Waals surface area contributed by atoms with Crippen LogP contribution in [0.1, 0.15) is 24.8 Å². The van der Waals surface area contributed by atoms with Crippen LogP contribution < -0.4 is 5.32 Å². The lowest BCUT2D eigenvalue weighted by Gasteiger charge is -2.14. The fourth-order valence-corrected chi connectivity index (χ4v) is 2.49. The molecule has 2 N–H and O–H groups in total. The van der Waals surface area contributed by atoms with Crippen molar-refractivity contribution >= 4 is 23.3 Å². The van der Waals surface area contributed by atoms with Crippen molar-refractivity contribution in [2.75, 3.05) is 5.32 Å². The van der Waals surface area contributed by atoms with Crippen molar-refractivity contribution in [3.05, 3.63) is 28.8 Å². The summed E-state index contributed by atoms with van der Waals surface area (Å²) >= 11 is 5.94. The molecule has 0 radical (unpaired) electrons. The van der Waals surface area contributed by atoms with Crippen LogP contribution in [0, 0.1) is 17.2 Å². The van der Waals surface area contributed by atoms with Crippen LogP contribution in [0.15, 0.2) is 18.2 Å². The first-order chi connectivity index (χ1) is 8.60. The molecule has 1 aromatic rings. The molecular formula is C13H13ClN2O2. The Morgan fingerprint density at radius 2 is 2.28 bits per heavy atom. The van der Waals surface area contributed by atoms with E-state index in [1.54, 1.807) is 18.2 Å². The standard InChI is InChI=1S/C13H13ClN2O2/c14-12-6-11(4-2-9(12)7-15)16-10-3-1-8(5-10)13(17)18/h2,4,6,8,10,16H,1,3,5H2,(H,17,18). The van der Waals surface area contributed by atoms with Gasteiger partial charge in [0.1, 0.15) is 6.07 Å². The van der Waals surface area contributed by atoms with Crippen LogP contribution in [0.5, 0.6) is 0 Å². The van der Waals surface area contributed by atoms with Crippen LogP contribution in [0.4, 0.5) is 5.69 Å². The number of benzene rings is 1. The van der Waals surface area contributed by atoms with Crippen LogP contribution in [0.2, 0.25) is 5.02 Å². The van der Waals surface area contributed by atoms with Gasteiger partial charge in [0.05, 0.1) is 16.5 Å². The first-order valence-electron chi connectivity index (χ1n) is 5.79. The summed E-state index contributed by atoms with van der Waals surface area (Å²) in [6.45, 7) is 0. The third kappa shape index (κ3) is 2.74. The summed E-state index contributed by atoms with van der Waals surface area (Å²) in [4.78, 5) is 10.9. The molecule has 2 unspecified atom stereocenters. The van der Waals surface area contributed by atoms with Crippen LogP contribution in [-0.2, 0) is 4.79 Å². The molecule has 0 spiro atoms. The molecular weight excluding hydrogens is 252 g/mol. The van der Waals surface area contributed by atoms with Crippen molar-refractivity contribution in [3.63, 3.8) is 0 Å². The third-order valence-corrected chi connectivity index (χ3v) is 3.55. The van der Waals surface area contributed by atoms with Gasteiger partial charge in [0, 0.05) is 11.7 Å². The maximum atomic E-state index is 10.9. The van der Waals surface area contributed by atoms with E-state index in [0.29, 0.717) is 23.4 Å². The van der Waals surface area contributed by atoms with Gasteiger partial charge in [0.25, 0.3) is 0 Å². The lowest BCUT2D eigenvalue weighted by Crippen LogP contribution is -2.17. The number of carbonyl (C=O) groups is 1. The average molecular weight is 265 g/mol. The number of hydrogen-bond acceptors (Lipinski definition) is 3. The SMILES string of the molecule is N#Cc1ccc(NC2CCC(C(=O)O)C2)cc1Cl. The molecule has 18 heavy (non-hydrogen) atoms. The zero-order chi connectivity index (χ0) is 13.1. The van der Waals surface area contributed by atoms with Crippen molar-refractivity contribution in [2.24, 2.45) is 5.92 Å². The highest BCUT2D eigenvalue weighted by Crippen LogP contribution is 2.29. The fraction of sp³-hybridized carbons (Fsp3) is 0.385. The molecule has 0 saturated heterocycles. The van der Waals surface area contributed by atoms with Crippen LogP contribution in [0.3, 0.4) is 0 Å². The second-order valence-electron chi connectivity index (χ2n) is 4.50. The predicted molar refractivity (Wildman–Crippen MR) is 68.6 cm³/mol. The number of hydrogen-bond donors (Lipinski definition) is 2. The molecule has 2 atom stereocenters. The molecule has 1 saturated carbocycles. The van der Waals surface area contributed by atoms with Gasteiger partial charge in [-0.1, -0.05) is 11.6 Å². The average Bonchev–Trinajstić information content (AvgIpc) is 2.78. The van der Waals surface area contributed by atoms with Crippen molar-refractivity contribution in [3.8, 4) is 6.07 Å². The first-order valence-corrected chi connectivity index (χ1v) is 6.17. The Morgan fingerprint density at radius 1 is 1.50 bits per heavy atom. The zero-order valence-corrected chi connectivity index (χ0v) is 10.4. The fourth-order valence-electron chi connectivity index (χ4n) is 2.27. The Kier molecular flexibility index (Phi) is 3.73. The molecule has 0 aliphatic heterocycles. The van der Waals surface area contributed by atoms with Gasteiger partial charge in [-0.15, -0.1) is 0 Å². The number of nitrogens with zero attached hydrogens (tertiary/aromatic N) is 1. The summed E-state index contributed by atoms with van der Waals surface area (Å²) < 4.78 is 0. The highest BCUT2D eigenvalue weighted by atomic mass is 35.5. The molecule has 0 bridgehead atoms. The van der Waals surface area contributed by atoms with E-state index < -0.39 is 5.97 Å². The number of aliphatic carboxylic acids is 1. The van der Waals surface area contributed by atoms with Gasteiger partial charge in [-0.25, -0.2) is 0 Å². The summed E-state index contributed by atoms with van der Waals surface area (Å²) in [6.07, 6.45) is 2.18. The van der Waals surface area contributed by atoms with E-state index in [1.165, 1.54) is 0 Å². The number of anilines is 1. The topological polar surface area (TPSA) is 73.1 Å². The van der Waals surface area contributed by atoms with Crippen molar-refractivity contribution in [1.82, 2.24) is 0 Å². The summed E-state index contributed by atoms with van der Waals surface area (Å²) in [6, 6.07) is 7.32. The Bertz CT molecular complexity index is 510. The van der Waals surface area contributed by atoms with E-state index in [9.17, 15) is 4.79 Å². The number of nitriles is 1. The summed E-state index contributed by atoms with van der Waals surface area (Å²) in [7, 11) is 0. The minimum Gasteiger partial charge on any atom is -0.481 e. The molecule has 0 aromatic heterocycles. The van der Waals surface area contributed by atoms with Crippen LogP contribution in [-0.4, -0.2) is 17.1 Å². The van der Waals surface area contributed by atoms with E-state index in [1.807, 2.05) is 6.07 Å². The minimum atomic E-state index is -0.725. The Morgan fingerprint density at radius 3 is 2.83 bits per heavy atom. The van der Waals surface area contributed by atoms with Crippen LogP contribution in [0.25, 0.3) is 0 Å². The number of carboxylic acid groups (broad SMARTS) is 1. The van der Waals surface area contributed by atoms with Crippen molar-refractivity contribution < 1.29 is 9.90 Å². The van der Waals surface area contributed by atoms with E-state index in [-0.39, 0.29) is 12.0 Å². The normalized spacial score (nSPS) is 22.4. The third-order valence-electron chi connectivity index (χ3n) is 3.24. The van der Waals surface area contributed by atoms with E-state index in [0.717, 1.165) is 12.1 Å². The lowest BCUT2D eigenvalue weighted by atomic mass is 10.1. The first kappa shape index (κ1) is 12.7. The molecule has 4 nitrogen and oxygen atoms in total. The van der Waals surface area contributed by atoms with Gasteiger partial charge < -0.3 is 10.4 Å². The molecule has 0 amide bonds. The van der Waals surface area contributed by atoms with Gasteiger partial charge >= 0.3 is 5.97 Å². The maximum Gasteiger partial charge on any atom is 0.306 e. The van der Waals surface area contributed by atoms with E-state index >= 15 is 0 Å². The van der Waals surface area contributed by atoms with Crippen molar-refractivity contribution in [2.45, 2.75) is 25.3 Å². The number of carboxylic acids is 1. The predicted octanol–water partition coefficient (Wildman–Crippen LogP) is 2.88. The van der Waals surface area contributed by atoms with Crippen molar-refractivity contribution in [1.29, 1.82) is 5.26 Å². The molecule has 0 heterocycles. The summed E-state index contributed by atoms with van der Waals surface area (Å²) in [5, 5.41) is 21.4. The Hall–Kier alpha value is -1.73. The quantitative estimate of drug-likeness (QED) is 0.880. The highest BCUT2D eigenvalue weighted by molar-refractivity contribution is 6.32. The second-order valence-corrected chi connectivity index (χ2v) is 4.90. The smallest absolute Gasteiger partial charge is 0.306 e. The van der Waals surface area contributed by atoms with E-state index in [2.05, 4.69) is 5.32 Å². The number of halogens is 1. The minimum absolute atomic E-state index is 0.162. The highest BCUT2D eigenvalue weighted by Gasteiger charge is 2.29. The molecule has 1 fully saturated rings.